The zero-order valence-corrected chi connectivity index (χ0v) is 16.0. The summed E-state index contributed by atoms with van der Waals surface area (Å²) >= 11 is 0. The van der Waals surface area contributed by atoms with E-state index in [9.17, 15) is 14.4 Å². The number of nitrogens with zero attached hydrogens (tertiary/aromatic N) is 1. The minimum Gasteiger partial charge on any atom is -0.466 e. The van der Waals surface area contributed by atoms with Gasteiger partial charge >= 0.3 is 12.1 Å². The molecule has 1 aliphatic heterocycles. The first kappa shape index (κ1) is 21.2. The van der Waals surface area contributed by atoms with Gasteiger partial charge < -0.3 is 9.47 Å². The molecule has 0 bridgehead atoms. The maximum Gasteiger partial charge on any atom is 0.410 e. The van der Waals surface area contributed by atoms with Crippen LogP contribution in [0.1, 0.15) is 59.8 Å². The number of piperidine rings is 1. The number of methoxy groups -OCH3 is 1. The van der Waals surface area contributed by atoms with Gasteiger partial charge in [-0.1, -0.05) is 13.0 Å². The Hall–Kier alpha value is -1.85. The summed E-state index contributed by atoms with van der Waals surface area (Å²) in [6, 6.07) is -0.441. The smallest absolute Gasteiger partial charge is 0.410 e. The third-order valence-electron chi connectivity index (χ3n) is 4.20. The third kappa shape index (κ3) is 7.28. The minimum absolute atomic E-state index is 0.0203. The summed E-state index contributed by atoms with van der Waals surface area (Å²) < 4.78 is 10.0. The first-order chi connectivity index (χ1) is 11.7. The van der Waals surface area contributed by atoms with Crippen molar-refractivity contribution in [2.24, 2.45) is 5.92 Å². The molecule has 6 nitrogen and oxygen atoms in total. The lowest BCUT2D eigenvalue weighted by Gasteiger charge is -2.36. The number of ether oxygens (including phenoxy) is 2. The van der Waals surface area contributed by atoms with E-state index in [0.717, 1.165) is 19.3 Å². The highest BCUT2D eigenvalue weighted by Gasteiger charge is 2.34. The molecule has 0 unspecified atom stereocenters. The van der Waals surface area contributed by atoms with Gasteiger partial charge in [-0.3, -0.25) is 9.69 Å². The van der Waals surface area contributed by atoms with Crippen molar-refractivity contribution in [1.82, 2.24) is 4.90 Å². The molecule has 1 amide bonds. The van der Waals surface area contributed by atoms with Crippen LogP contribution >= 0.6 is 0 Å². The molecular formula is C19H31NO5. The molecule has 1 saturated heterocycles. The van der Waals surface area contributed by atoms with Gasteiger partial charge in [-0.05, 0) is 52.4 Å². The lowest BCUT2D eigenvalue weighted by molar-refractivity contribution is -0.135. The van der Waals surface area contributed by atoms with E-state index in [1.165, 1.54) is 13.2 Å². The fourth-order valence-corrected chi connectivity index (χ4v) is 2.83. The van der Waals surface area contributed by atoms with Crippen LogP contribution in [0.2, 0.25) is 0 Å². The van der Waals surface area contributed by atoms with Crippen LogP contribution in [0.25, 0.3) is 0 Å². The summed E-state index contributed by atoms with van der Waals surface area (Å²) in [7, 11) is 1.32. The molecule has 1 rings (SSSR count). The molecule has 0 spiro atoms. The van der Waals surface area contributed by atoms with Gasteiger partial charge in [0, 0.05) is 19.0 Å². The van der Waals surface area contributed by atoms with Crippen molar-refractivity contribution >= 4 is 17.8 Å². The van der Waals surface area contributed by atoms with Crippen LogP contribution in [-0.2, 0) is 19.1 Å². The Morgan fingerprint density at radius 3 is 2.48 bits per heavy atom. The normalized spacial score (nSPS) is 19.6. The van der Waals surface area contributed by atoms with Crippen molar-refractivity contribution in [1.29, 1.82) is 0 Å². The molecule has 1 heterocycles. The van der Waals surface area contributed by atoms with Gasteiger partial charge in [0.1, 0.15) is 5.60 Å². The molecule has 0 aromatic carbocycles. The van der Waals surface area contributed by atoms with Crippen LogP contribution in [0, 0.1) is 5.92 Å². The van der Waals surface area contributed by atoms with Gasteiger partial charge in [0.05, 0.1) is 13.2 Å². The molecule has 1 aliphatic rings. The lowest BCUT2D eigenvalue weighted by Crippen LogP contribution is -2.50. The average molecular weight is 353 g/mol. The fourth-order valence-electron chi connectivity index (χ4n) is 2.83. The Morgan fingerprint density at radius 2 is 1.92 bits per heavy atom. The van der Waals surface area contributed by atoms with Gasteiger partial charge in [0.2, 0.25) is 0 Å². The number of carbonyl (C=O) groups is 3. The third-order valence-corrected chi connectivity index (χ3v) is 4.20. The Kier molecular flexibility index (Phi) is 8.13. The molecule has 0 N–H and O–H groups in total. The van der Waals surface area contributed by atoms with Crippen LogP contribution in [-0.4, -0.2) is 48.0 Å². The molecule has 0 radical (unpaired) electrons. The Bertz CT molecular complexity index is 506. The van der Waals surface area contributed by atoms with Crippen molar-refractivity contribution in [2.45, 2.75) is 71.4 Å². The topological polar surface area (TPSA) is 72.9 Å². The summed E-state index contributed by atoms with van der Waals surface area (Å²) in [5.41, 5.74) is -0.586. The predicted octanol–water partition coefficient (Wildman–Crippen LogP) is 3.49. The van der Waals surface area contributed by atoms with Gasteiger partial charge in [-0.2, -0.15) is 0 Å². The number of hydrogen-bond acceptors (Lipinski definition) is 5. The van der Waals surface area contributed by atoms with E-state index in [1.54, 1.807) is 11.0 Å². The van der Waals surface area contributed by atoms with Crippen LogP contribution in [0.5, 0.6) is 0 Å². The number of rotatable bonds is 6. The maximum atomic E-state index is 12.8. The molecule has 1 fully saturated rings. The molecule has 0 aromatic heterocycles. The number of carbonyl (C=O) groups excluding carboxylic acids is 3. The first-order valence-electron chi connectivity index (χ1n) is 8.96. The highest BCUT2D eigenvalue weighted by Crippen LogP contribution is 2.24. The molecule has 0 aromatic rings. The standard InChI is InChI=1S/C19H31NO5/c1-6-14(10-11-17(22)24-5)13-16(21)15-9-7-8-12-20(15)18(23)25-19(2,3)4/h10-11,14-15H,6-9,12-13H2,1-5H3/b11-10+/t14-,15-/m0/s1. The number of allylic oxidation sites excluding steroid dienone is 1. The fraction of sp³-hybridized carbons (Fsp3) is 0.737. The zero-order valence-electron chi connectivity index (χ0n) is 16.0. The highest BCUT2D eigenvalue weighted by atomic mass is 16.6. The van der Waals surface area contributed by atoms with E-state index in [0.29, 0.717) is 19.4 Å². The van der Waals surface area contributed by atoms with Gasteiger partial charge in [0.25, 0.3) is 0 Å². The van der Waals surface area contributed by atoms with Crippen molar-refractivity contribution in [3.05, 3.63) is 12.2 Å². The second kappa shape index (κ2) is 9.59. The molecule has 0 aliphatic carbocycles. The average Bonchev–Trinajstić information content (AvgIpc) is 2.56. The maximum absolute atomic E-state index is 12.8. The first-order valence-corrected chi connectivity index (χ1v) is 8.96. The summed E-state index contributed by atoms with van der Waals surface area (Å²) in [5.74, 6) is -0.458. The lowest BCUT2D eigenvalue weighted by atomic mass is 9.91. The monoisotopic (exact) mass is 353 g/mol. The number of esters is 1. The highest BCUT2D eigenvalue weighted by molar-refractivity contribution is 5.88. The second-order valence-electron chi connectivity index (χ2n) is 7.41. The molecule has 6 heteroatoms. The summed E-state index contributed by atoms with van der Waals surface area (Å²) in [4.78, 5) is 38.0. The molecule has 142 valence electrons. The quantitative estimate of drug-likeness (QED) is 0.540. The molecular weight excluding hydrogens is 322 g/mol. The number of likely N-dealkylation sites (tertiary alicyclic amines) is 1. The van der Waals surface area contributed by atoms with E-state index in [1.807, 2.05) is 27.7 Å². The van der Waals surface area contributed by atoms with E-state index in [-0.39, 0.29) is 11.7 Å². The Balaban J connectivity index is 2.76. The minimum atomic E-state index is -0.586. The van der Waals surface area contributed by atoms with Crippen molar-refractivity contribution < 1.29 is 23.9 Å². The van der Waals surface area contributed by atoms with Crippen molar-refractivity contribution in [3.63, 3.8) is 0 Å². The van der Waals surface area contributed by atoms with E-state index in [2.05, 4.69) is 4.74 Å². The SMILES string of the molecule is CC[C@@H](/C=C/C(=O)OC)CC(=O)[C@@H]1CCCCN1C(=O)OC(C)(C)C. The van der Waals surface area contributed by atoms with Crippen molar-refractivity contribution in [2.75, 3.05) is 13.7 Å². The summed E-state index contributed by atoms with van der Waals surface area (Å²) in [5, 5.41) is 0. The second-order valence-corrected chi connectivity index (χ2v) is 7.41. The van der Waals surface area contributed by atoms with Crippen LogP contribution < -0.4 is 0 Å². The van der Waals surface area contributed by atoms with Gasteiger partial charge in [-0.15, -0.1) is 0 Å². The van der Waals surface area contributed by atoms with Crippen LogP contribution in [0.4, 0.5) is 4.79 Å². The van der Waals surface area contributed by atoms with E-state index in [4.69, 9.17) is 4.74 Å². The molecule has 0 saturated carbocycles. The molecule has 25 heavy (non-hydrogen) atoms. The molecule has 2 atom stereocenters. The largest absolute Gasteiger partial charge is 0.466 e. The Labute approximate surface area is 150 Å². The van der Waals surface area contributed by atoms with Gasteiger partial charge in [0.15, 0.2) is 5.78 Å². The number of amides is 1. The number of ketones is 1. The predicted molar refractivity (Wildman–Crippen MR) is 95.1 cm³/mol. The van der Waals surface area contributed by atoms with E-state index >= 15 is 0 Å². The summed E-state index contributed by atoms with van der Waals surface area (Å²) in [6.45, 7) is 7.95. The van der Waals surface area contributed by atoms with E-state index < -0.39 is 23.7 Å². The zero-order chi connectivity index (χ0) is 19.0. The van der Waals surface area contributed by atoms with Crippen LogP contribution in [0.15, 0.2) is 12.2 Å². The van der Waals surface area contributed by atoms with Gasteiger partial charge in [-0.25, -0.2) is 9.59 Å². The number of Topliss-reactive ketones (excluding diaryl/α,β-unsaturated/α-hetero) is 1. The number of hydrogen-bond donors (Lipinski definition) is 0. The van der Waals surface area contributed by atoms with Crippen LogP contribution in [0.3, 0.4) is 0 Å². The van der Waals surface area contributed by atoms with Crippen molar-refractivity contribution in [3.8, 4) is 0 Å². The summed E-state index contributed by atoms with van der Waals surface area (Å²) in [6.07, 6.45) is 6.14. The Morgan fingerprint density at radius 1 is 1.24 bits per heavy atom.